The first kappa shape index (κ1) is 32.3. The SMILES string of the molecule is CO[C@H]1[C@@H](O)[C@@H](CO)O[C@@H](O[C@H]2[C@H](O)[C@@H](CO)O[C@@H](O[C@H]3[C@@H](O)[C@@H](CO)O[C@@H](O)[C@@H]3OO)[C@@H]2NC(C)=O)[C@@H]1O. The molecule has 0 aromatic heterocycles. The van der Waals surface area contributed by atoms with Crippen LogP contribution in [0.1, 0.15) is 6.92 Å². The van der Waals surface area contributed by atoms with Crippen LogP contribution in [-0.2, 0) is 38.1 Å². The quantitative estimate of drug-likeness (QED) is 0.0856. The van der Waals surface area contributed by atoms with E-state index in [9.17, 15) is 50.9 Å². The lowest BCUT2D eigenvalue weighted by atomic mass is 9.94. The van der Waals surface area contributed by atoms with Gasteiger partial charge in [-0.2, -0.15) is 0 Å². The van der Waals surface area contributed by atoms with Gasteiger partial charge in [0.25, 0.3) is 0 Å². The highest BCUT2D eigenvalue weighted by Gasteiger charge is 2.54. The Bertz CT molecular complexity index is 779. The van der Waals surface area contributed by atoms with Gasteiger partial charge < -0.3 is 74.6 Å². The van der Waals surface area contributed by atoms with Crippen molar-refractivity contribution in [3.63, 3.8) is 0 Å². The third-order valence-corrected chi connectivity index (χ3v) is 6.84. The van der Waals surface area contributed by atoms with Crippen LogP contribution in [0.2, 0.25) is 0 Å². The Morgan fingerprint density at radius 2 is 1.21 bits per heavy atom. The second-order valence-electron chi connectivity index (χ2n) is 9.36. The maximum atomic E-state index is 12.1. The van der Waals surface area contributed by atoms with Gasteiger partial charge in [0.15, 0.2) is 25.0 Å². The van der Waals surface area contributed by atoms with E-state index in [0.29, 0.717) is 0 Å². The highest BCUT2D eigenvalue weighted by Crippen LogP contribution is 2.33. The number of carbonyl (C=O) groups is 1. The molecule has 0 aliphatic carbocycles. The number of hydrogen-bond acceptors (Lipinski definition) is 17. The molecule has 3 fully saturated rings. The van der Waals surface area contributed by atoms with Crippen LogP contribution in [0.3, 0.4) is 0 Å². The standard InChI is InChI=1S/C21H37NO17/c1-6(26)22-10-15(37-21-14(30)16(33-2)12(28)9(5-25)36-21)11(27)8(4-24)35-20(10)38-17-13(29)7(3-23)34-19(31)18(17)39-32/h7-21,23-25,27-32H,3-5H2,1-2H3,(H,22,26)/t7-,8-,9-,10-,11-,12+,13+,14-,15-,16+,17+,18-,19-,20+,21+/m1/s1. The second kappa shape index (κ2) is 14.1. The van der Waals surface area contributed by atoms with Crippen LogP contribution in [0.15, 0.2) is 0 Å². The van der Waals surface area contributed by atoms with Crippen LogP contribution < -0.4 is 5.32 Å². The summed E-state index contributed by atoms with van der Waals surface area (Å²) < 4.78 is 32.7. The average Bonchev–Trinajstić information content (AvgIpc) is 2.90. The molecule has 18 nitrogen and oxygen atoms in total. The lowest BCUT2D eigenvalue weighted by Gasteiger charge is -2.49. The first-order valence-corrected chi connectivity index (χ1v) is 12.1. The average molecular weight is 576 g/mol. The molecular weight excluding hydrogens is 538 g/mol. The van der Waals surface area contributed by atoms with E-state index in [1.54, 1.807) is 0 Å². The van der Waals surface area contributed by atoms with Crippen LogP contribution in [0.5, 0.6) is 0 Å². The molecule has 0 unspecified atom stereocenters. The van der Waals surface area contributed by atoms with E-state index in [1.807, 2.05) is 0 Å². The molecule has 1 amide bonds. The summed E-state index contributed by atoms with van der Waals surface area (Å²) >= 11 is 0. The Morgan fingerprint density at radius 1 is 0.718 bits per heavy atom. The normalized spacial score (nSPS) is 47.1. The minimum Gasteiger partial charge on any atom is -0.394 e. The number of aliphatic hydroxyl groups excluding tert-OH is 8. The van der Waals surface area contributed by atoms with E-state index < -0.39 is 118 Å². The molecule has 0 aromatic carbocycles. The fourth-order valence-electron chi connectivity index (χ4n) is 4.81. The number of hydrogen-bond donors (Lipinski definition) is 10. The highest BCUT2D eigenvalue weighted by molar-refractivity contribution is 5.73. The molecule has 15 atom stereocenters. The number of methoxy groups -OCH3 is 1. The van der Waals surface area contributed by atoms with E-state index in [4.69, 9.17) is 28.4 Å². The van der Waals surface area contributed by atoms with Gasteiger partial charge in [-0.1, -0.05) is 0 Å². The predicted octanol–water partition coefficient (Wildman–Crippen LogP) is -6.28. The van der Waals surface area contributed by atoms with Crippen molar-refractivity contribution in [2.75, 3.05) is 26.9 Å². The van der Waals surface area contributed by atoms with Crippen molar-refractivity contribution in [1.82, 2.24) is 5.32 Å². The van der Waals surface area contributed by atoms with Gasteiger partial charge in [-0.05, 0) is 0 Å². The van der Waals surface area contributed by atoms with E-state index in [2.05, 4.69) is 10.2 Å². The summed E-state index contributed by atoms with van der Waals surface area (Å²) in [6.45, 7) is -1.16. The van der Waals surface area contributed by atoms with Crippen molar-refractivity contribution < 1.29 is 84.2 Å². The Labute approximate surface area is 222 Å². The molecule has 10 N–H and O–H groups in total. The van der Waals surface area contributed by atoms with Gasteiger partial charge in [0, 0.05) is 14.0 Å². The molecule has 0 saturated carbocycles. The van der Waals surface area contributed by atoms with Crippen LogP contribution in [0, 0.1) is 0 Å². The topological polar surface area (TPSA) is 276 Å². The fourth-order valence-corrected chi connectivity index (χ4v) is 4.81. The van der Waals surface area contributed by atoms with Crippen molar-refractivity contribution in [2.45, 2.75) is 99.0 Å². The zero-order valence-electron chi connectivity index (χ0n) is 21.1. The van der Waals surface area contributed by atoms with Crippen molar-refractivity contribution in [3.05, 3.63) is 0 Å². The zero-order valence-corrected chi connectivity index (χ0v) is 21.1. The predicted molar refractivity (Wildman–Crippen MR) is 119 cm³/mol. The van der Waals surface area contributed by atoms with Crippen molar-refractivity contribution in [2.24, 2.45) is 0 Å². The number of amides is 1. The minimum atomic E-state index is -1.88. The number of aliphatic hydroxyl groups is 8. The summed E-state index contributed by atoms with van der Waals surface area (Å²) in [6.07, 6.45) is -22.0. The molecule has 3 saturated heterocycles. The fraction of sp³-hybridized carbons (Fsp3) is 0.952. The maximum absolute atomic E-state index is 12.1. The van der Waals surface area contributed by atoms with Gasteiger partial charge in [0.05, 0.1) is 19.8 Å². The van der Waals surface area contributed by atoms with Gasteiger partial charge in [-0.3, -0.25) is 10.1 Å². The van der Waals surface area contributed by atoms with Gasteiger partial charge in [-0.15, -0.1) is 0 Å². The summed E-state index contributed by atoms with van der Waals surface area (Å²) in [5, 5.41) is 93.3. The van der Waals surface area contributed by atoms with Crippen molar-refractivity contribution in [1.29, 1.82) is 0 Å². The molecular formula is C21H37NO17. The maximum Gasteiger partial charge on any atom is 0.217 e. The molecule has 0 bridgehead atoms. The summed E-state index contributed by atoms with van der Waals surface area (Å²) in [6, 6.07) is -1.46. The van der Waals surface area contributed by atoms with Gasteiger partial charge in [0.1, 0.15) is 67.1 Å². The lowest BCUT2D eigenvalue weighted by Crippen LogP contribution is -2.70. The molecule has 3 rings (SSSR count). The number of nitrogens with one attached hydrogen (secondary N) is 1. The van der Waals surface area contributed by atoms with Crippen molar-refractivity contribution >= 4 is 5.91 Å². The van der Waals surface area contributed by atoms with E-state index in [0.717, 1.165) is 6.92 Å². The van der Waals surface area contributed by atoms with Crippen LogP contribution in [0.4, 0.5) is 0 Å². The summed E-state index contributed by atoms with van der Waals surface area (Å²) in [5.74, 6) is -0.681. The molecule has 3 aliphatic rings. The molecule has 39 heavy (non-hydrogen) atoms. The molecule has 228 valence electrons. The Hall–Kier alpha value is -1.17. The monoisotopic (exact) mass is 575 g/mol. The second-order valence-corrected chi connectivity index (χ2v) is 9.36. The largest absolute Gasteiger partial charge is 0.394 e. The smallest absolute Gasteiger partial charge is 0.217 e. The lowest BCUT2D eigenvalue weighted by molar-refractivity contribution is -0.405. The first-order chi connectivity index (χ1) is 18.5. The number of carbonyl (C=O) groups excluding carboxylic acids is 1. The molecule has 0 aromatic rings. The van der Waals surface area contributed by atoms with Gasteiger partial charge >= 0.3 is 0 Å². The highest BCUT2D eigenvalue weighted by atomic mass is 17.1. The summed E-state index contributed by atoms with van der Waals surface area (Å²) in [4.78, 5) is 16.3. The molecule has 0 spiro atoms. The van der Waals surface area contributed by atoms with Crippen LogP contribution >= 0.6 is 0 Å². The minimum absolute atomic E-state index is 0.681. The van der Waals surface area contributed by atoms with Gasteiger partial charge in [0.2, 0.25) is 5.91 Å². The number of rotatable bonds is 10. The zero-order chi connectivity index (χ0) is 29.0. The van der Waals surface area contributed by atoms with E-state index in [-0.39, 0.29) is 0 Å². The first-order valence-electron chi connectivity index (χ1n) is 12.1. The van der Waals surface area contributed by atoms with E-state index >= 15 is 0 Å². The number of ether oxygens (including phenoxy) is 6. The Kier molecular flexibility index (Phi) is 11.7. The molecule has 0 radical (unpaired) electrons. The Morgan fingerprint density at radius 3 is 1.72 bits per heavy atom. The Balaban J connectivity index is 1.93. The third kappa shape index (κ3) is 6.84. The molecule has 3 aliphatic heterocycles. The van der Waals surface area contributed by atoms with E-state index in [1.165, 1.54) is 7.11 Å². The van der Waals surface area contributed by atoms with Crippen LogP contribution in [0.25, 0.3) is 0 Å². The molecule has 3 heterocycles. The third-order valence-electron chi connectivity index (χ3n) is 6.84. The van der Waals surface area contributed by atoms with Gasteiger partial charge in [-0.25, -0.2) is 4.89 Å². The van der Waals surface area contributed by atoms with Crippen LogP contribution in [-0.4, -0.2) is 171 Å². The summed E-state index contributed by atoms with van der Waals surface area (Å²) in [5.41, 5.74) is 0. The summed E-state index contributed by atoms with van der Waals surface area (Å²) in [7, 11) is 1.19. The molecule has 18 heteroatoms. The van der Waals surface area contributed by atoms with Crippen molar-refractivity contribution in [3.8, 4) is 0 Å².